The summed E-state index contributed by atoms with van der Waals surface area (Å²) in [5.74, 6) is -2.73. The third kappa shape index (κ3) is 3.62. The van der Waals surface area contributed by atoms with Crippen molar-refractivity contribution in [3.05, 3.63) is 54.4 Å². The van der Waals surface area contributed by atoms with Gasteiger partial charge in [-0.1, -0.05) is 50.1 Å². The number of hydrogen-bond donors (Lipinski definition) is 0. The molecule has 0 radical (unpaired) electrons. The quantitative estimate of drug-likeness (QED) is 0.641. The molecule has 0 aliphatic heterocycles. The number of aromatic nitrogens is 1. The molecule has 1 aromatic heterocycles. The summed E-state index contributed by atoms with van der Waals surface area (Å²) in [5.41, 5.74) is 1.95. The van der Waals surface area contributed by atoms with E-state index in [9.17, 15) is 8.78 Å². The number of rotatable bonds is 6. The smallest absolute Gasteiger partial charge is 0.264 e. The molecule has 0 saturated heterocycles. The molecule has 3 heteroatoms. The molecule has 1 heterocycles. The van der Waals surface area contributed by atoms with Gasteiger partial charge in [-0.15, -0.1) is 0 Å². The normalized spacial score (nSPS) is 11.6. The Morgan fingerprint density at radius 3 is 2.35 bits per heavy atom. The first-order chi connectivity index (χ1) is 9.63. The van der Waals surface area contributed by atoms with Crippen molar-refractivity contribution >= 4 is 0 Å². The fourth-order valence-electron chi connectivity index (χ4n) is 2.18. The van der Waals surface area contributed by atoms with Gasteiger partial charge in [0.2, 0.25) is 0 Å². The molecular weight excluding hydrogens is 256 g/mol. The van der Waals surface area contributed by atoms with Gasteiger partial charge in [0.05, 0.1) is 0 Å². The second kappa shape index (κ2) is 6.60. The van der Waals surface area contributed by atoms with Gasteiger partial charge in [-0.25, -0.2) is 8.78 Å². The van der Waals surface area contributed by atoms with Crippen LogP contribution in [-0.4, -0.2) is 4.98 Å². The fraction of sp³-hybridized carbons (Fsp3) is 0.353. The van der Waals surface area contributed by atoms with E-state index in [1.807, 2.05) is 19.1 Å². The molecule has 0 saturated carbocycles. The van der Waals surface area contributed by atoms with Gasteiger partial charge in [-0.05, 0) is 23.6 Å². The van der Waals surface area contributed by atoms with E-state index in [2.05, 4.69) is 4.98 Å². The average Bonchev–Trinajstić information content (AvgIpc) is 2.48. The van der Waals surface area contributed by atoms with E-state index in [0.717, 1.165) is 24.0 Å². The van der Waals surface area contributed by atoms with Crippen LogP contribution in [0.4, 0.5) is 8.78 Å². The summed E-state index contributed by atoms with van der Waals surface area (Å²) in [7, 11) is 0. The fourth-order valence-corrected chi connectivity index (χ4v) is 2.18. The van der Waals surface area contributed by atoms with Crippen LogP contribution in [0.5, 0.6) is 0 Å². The summed E-state index contributed by atoms with van der Waals surface area (Å²) in [6.07, 6.45) is 5.72. The van der Waals surface area contributed by atoms with Crippen LogP contribution in [0.2, 0.25) is 0 Å². The van der Waals surface area contributed by atoms with Crippen LogP contribution in [0.15, 0.2) is 48.8 Å². The predicted octanol–water partition coefficient (Wildman–Crippen LogP) is 5.42. The highest BCUT2D eigenvalue weighted by atomic mass is 19.3. The Morgan fingerprint density at radius 1 is 1.00 bits per heavy atom. The van der Waals surface area contributed by atoms with E-state index in [1.165, 1.54) is 12.1 Å². The Hall–Kier alpha value is -1.77. The minimum Gasteiger partial charge on any atom is -0.264 e. The number of hydrogen-bond acceptors (Lipinski definition) is 1. The molecule has 0 N–H and O–H groups in total. The topological polar surface area (TPSA) is 12.9 Å². The third-order valence-electron chi connectivity index (χ3n) is 3.40. The number of benzene rings is 1. The van der Waals surface area contributed by atoms with Gasteiger partial charge >= 0.3 is 0 Å². The zero-order chi connectivity index (χ0) is 14.4. The molecule has 0 fully saturated rings. The molecule has 0 aliphatic rings. The van der Waals surface area contributed by atoms with Gasteiger partial charge in [-0.2, -0.15) is 0 Å². The summed E-state index contributed by atoms with van der Waals surface area (Å²) in [4.78, 5) is 4.03. The molecule has 0 bridgehead atoms. The molecule has 2 aromatic rings. The van der Waals surface area contributed by atoms with Crippen molar-refractivity contribution in [1.29, 1.82) is 0 Å². The Labute approximate surface area is 118 Å². The Balaban J connectivity index is 2.11. The highest BCUT2D eigenvalue weighted by Gasteiger charge is 2.30. The van der Waals surface area contributed by atoms with E-state index >= 15 is 0 Å². The van der Waals surface area contributed by atoms with E-state index in [0.29, 0.717) is 6.42 Å². The van der Waals surface area contributed by atoms with Crippen molar-refractivity contribution < 1.29 is 8.78 Å². The highest BCUT2D eigenvalue weighted by Crippen LogP contribution is 2.34. The summed E-state index contributed by atoms with van der Waals surface area (Å²) in [6.45, 7) is 2.01. The minimum atomic E-state index is -2.73. The summed E-state index contributed by atoms with van der Waals surface area (Å²) >= 11 is 0. The Kier molecular flexibility index (Phi) is 4.83. The molecule has 106 valence electrons. The summed E-state index contributed by atoms with van der Waals surface area (Å²) in [5, 5.41) is 0. The lowest BCUT2D eigenvalue weighted by Crippen LogP contribution is -2.12. The van der Waals surface area contributed by atoms with Gasteiger partial charge in [-0.3, -0.25) is 4.98 Å². The molecule has 0 amide bonds. The number of alkyl halides is 2. The Bertz CT molecular complexity index is 520. The molecule has 1 aromatic carbocycles. The first-order valence-corrected chi connectivity index (χ1v) is 7.02. The molecular formula is C17H19F2N. The van der Waals surface area contributed by atoms with Crippen LogP contribution in [0.25, 0.3) is 11.1 Å². The van der Waals surface area contributed by atoms with Crippen LogP contribution in [0.3, 0.4) is 0 Å². The Morgan fingerprint density at radius 2 is 1.75 bits per heavy atom. The van der Waals surface area contributed by atoms with Gasteiger partial charge < -0.3 is 0 Å². The first kappa shape index (κ1) is 14.6. The number of pyridine rings is 1. The van der Waals surface area contributed by atoms with Crippen LogP contribution in [-0.2, 0) is 5.92 Å². The number of halogens is 2. The number of unbranched alkanes of at least 4 members (excludes halogenated alkanes) is 2. The van der Waals surface area contributed by atoms with Crippen molar-refractivity contribution in [3.8, 4) is 11.1 Å². The number of nitrogens with zero attached hydrogens (tertiary/aromatic N) is 1. The van der Waals surface area contributed by atoms with Crippen LogP contribution < -0.4 is 0 Å². The predicted molar refractivity (Wildman–Crippen MR) is 77.7 cm³/mol. The zero-order valence-corrected chi connectivity index (χ0v) is 11.7. The largest absolute Gasteiger partial charge is 0.273 e. The molecule has 2 rings (SSSR count). The maximum atomic E-state index is 14.0. The molecule has 0 spiro atoms. The first-order valence-electron chi connectivity index (χ1n) is 7.02. The molecule has 0 atom stereocenters. The summed E-state index contributed by atoms with van der Waals surface area (Å²) < 4.78 is 28.0. The van der Waals surface area contributed by atoms with Gasteiger partial charge in [0, 0.05) is 24.4 Å². The second-order valence-electron chi connectivity index (χ2n) is 4.98. The van der Waals surface area contributed by atoms with Crippen molar-refractivity contribution in [2.75, 3.05) is 0 Å². The lowest BCUT2D eigenvalue weighted by atomic mass is 9.99. The molecule has 1 nitrogen and oxygen atoms in total. The van der Waals surface area contributed by atoms with E-state index in [1.54, 1.807) is 24.5 Å². The van der Waals surface area contributed by atoms with Crippen LogP contribution in [0.1, 0.15) is 38.2 Å². The maximum Gasteiger partial charge on any atom is 0.273 e. The molecule has 20 heavy (non-hydrogen) atoms. The minimum absolute atomic E-state index is 0.0763. The van der Waals surface area contributed by atoms with Gasteiger partial charge in [0.25, 0.3) is 5.92 Å². The van der Waals surface area contributed by atoms with Crippen molar-refractivity contribution in [1.82, 2.24) is 4.98 Å². The van der Waals surface area contributed by atoms with E-state index < -0.39 is 5.92 Å². The molecule has 0 unspecified atom stereocenters. The SMILES string of the molecule is CCCCCC(F)(F)c1ccc(-c2cccnc2)cc1. The van der Waals surface area contributed by atoms with Gasteiger partial charge in [0.1, 0.15) is 0 Å². The van der Waals surface area contributed by atoms with Crippen LogP contribution >= 0.6 is 0 Å². The highest BCUT2D eigenvalue weighted by molar-refractivity contribution is 5.62. The van der Waals surface area contributed by atoms with Gasteiger partial charge in [0.15, 0.2) is 0 Å². The second-order valence-corrected chi connectivity index (χ2v) is 4.98. The van der Waals surface area contributed by atoms with Crippen molar-refractivity contribution in [2.24, 2.45) is 0 Å². The van der Waals surface area contributed by atoms with Crippen molar-refractivity contribution in [3.63, 3.8) is 0 Å². The monoisotopic (exact) mass is 275 g/mol. The lowest BCUT2D eigenvalue weighted by molar-refractivity contribution is -0.0157. The third-order valence-corrected chi connectivity index (χ3v) is 3.40. The lowest BCUT2D eigenvalue weighted by Gasteiger charge is -2.17. The zero-order valence-electron chi connectivity index (χ0n) is 11.7. The van der Waals surface area contributed by atoms with Crippen molar-refractivity contribution in [2.45, 2.75) is 38.5 Å². The standard InChI is InChI=1S/C17H19F2N/c1-2-3-4-11-17(18,19)16-9-7-14(8-10-16)15-6-5-12-20-13-15/h5-10,12-13H,2-4,11H2,1H3. The van der Waals surface area contributed by atoms with E-state index in [4.69, 9.17) is 0 Å². The summed E-state index contributed by atoms with van der Waals surface area (Å²) in [6, 6.07) is 10.3. The van der Waals surface area contributed by atoms with Crippen LogP contribution in [0, 0.1) is 0 Å². The maximum absolute atomic E-state index is 14.0. The van der Waals surface area contributed by atoms with E-state index in [-0.39, 0.29) is 12.0 Å². The molecule has 0 aliphatic carbocycles. The average molecular weight is 275 g/mol.